The fraction of sp³-hybridized carbons (Fsp3) is 0.444. The molecular formula is C18H23N7O3. The monoisotopic (exact) mass is 385 g/mol. The lowest BCUT2D eigenvalue weighted by atomic mass is 9.86. The molecule has 0 aliphatic carbocycles. The van der Waals surface area contributed by atoms with Crippen LogP contribution < -0.4 is 5.32 Å². The Morgan fingerprint density at radius 2 is 1.96 bits per heavy atom. The van der Waals surface area contributed by atoms with Gasteiger partial charge in [0, 0.05) is 11.3 Å². The number of carbonyl (C=O) groups is 2. The van der Waals surface area contributed by atoms with Crippen LogP contribution in [0, 0.1) is 19.3 Å². The number of ketones is 1. The second-order valence-electron chi connectivity index (χ2n) is 7.74. The average Bonchev–Trinajstić information content (AvgIpc) is 3.30. The molecule has 0 aliphatic rings. The minimum Gasteiger partial charge on any atom is -0.354 e. The van der Waals surface area contributed by atoms with E-state index in [4.69, 9.17) is 4.52 Å². The van der Waals surface area contributed by atoms with Crippen LogP contribution in [0.2, 0.25) is 0 Å². The summed E-state index contributed by atoms with van der Waals surface area (Å²) in [5, 5.41) is 13.3. The summed E-state index contributed by atoms with van der Waals surface area (Å²) in [5.74, 6) is 0.427. The summed E-state index contributed by atoms with van der Waals surface area (Å²) in [7, 11) is 0. The molecule has 0 aromatic carbocycles. The van der Waals surface area contributed by atoms with Gasteiger partial charge in [0.05, 0.1) is 0 Å². The fourth-order valence-electron chi connectivity index (χ4n) is 3.12. The number of amides is 1. The summed E-state index contributed by atoms with van der Waals surface area (Å²) in [6.07, 6.45) is 1.34. The number of nitrogens with zero attached hydrogens (tertiary/aromatic N) is 4. The first kappa shape index (κ1) is 19.5. The molecule has 10 nitrogen and oxygen atoms in total. The molecule has 28 heavy (non-hydrogen) atoms. The van der Waals surface area contributed by atoms with Crippen molar-refractivity contribution in [3.8, 4) is 11.6 Å². The Bertz CT molecular complexity index is 1010. The number of carbonyl (C=O) groups excluding carboxylic acids is 2. The Kier molecular flexibility index (Phi) is 4.88. The Hall–Kier alpha value is -3.30. The normalized spacial score (nSPS) is 12.8. The number of aromatic amines is 2. The van der Waals surface area contributed by atoms with E-state index in [0.717, 1.165) is 0 Å². The fourth-order valence-corrected chi connectivity index (χ4v) is 3.12. The number of nitrogens with one attached hydrogen (secondary N) is 3. The molecule has 3 aromatic rings. The number of hydrogen-bond acceptors (Lipinski definition) is 7. The molecule has 0 bridgehead atoms. The third-order valence-corrected chi connectivity index (χ3v) is 4.47. The number of hydrogen-bond donors (Lipinski definition) is 3. The molecule has 0 saturated heterocycles. The van der Waals surface area contributed by atoms with Crippen LogP contribution in [-0.2, 0) is 0 Å². The van der Waals surface area contributed by atoms with E-state index in [-0.39, 0.29) is 23.4 Å². The van der Waals surface area contributed by atoms with Crippen molar-refractivity contribution < 1.29 is 14.1 Å². The molecule has 10 heteroatoms. The van der Waals surface area contributed by atoms with E-state index in [1.165, 1.54) is 13.3 Å². The van der Waals surface area contributed by atoms with E-state index in [2.05, 4.69) is 35.6 Å². The van der Waals surface area contributed by atoms with Crippen LogP contribution in [0.5, 0.6) is 0 Å². The maximum atomic E-state index is 12.9. The molecule has 3 N–H and O–H groups in total. The van der Waals surface area contributed by atoms with Gasteiger partial charge in [0.2, 0.25) is 11.7 Å². The Balaban J connectivity index is 1.91. The number of aromatic nitrogens is 6. The zero-order valence-electron chi connectivity index (χ0n) is 16.7. The molecule has 1 atom stereocenters. The minimum atomic E-state index is -0.562. The van der Waals surface area contributed by atoms with Gasteiger partial charge in [-0.25, -0.2) is 4.98 Å². The largest absolute Gasteiger partial charge is 0.354 e. The smallest absolute Gasteiger partial charge is 0.268 e. The maximum absolute atomic E-state index is 12.9. The molecule has 0 fully saturated rings. The Labute approximate surface area is 161 Å². The second kappa shape index (κ2) is 7.02. The molecule has 3 rings (SSSR count). The van der Waals surface area contributed by atoms with Crippen molar-refractivity contribution in [3.05, 3.63) is 34.7 Å². The molecule has 0 spiro atoms. The Morgan fingerprint density at radius 1 is 1.25 bits per heavy atom. The predicted molar refractivity (Wildman–Crippen MR) is 99.6 cm³/mol. The molecule has 0 saturated carbocycles. The van der Waals surface area contributed by atoms with E-state index in [0.29, 0.717) is 28.3 Å². The maximum Gasteiger partial charge on any atom is 0.268 e. The van der Waals surface area contributed by atoms with Gasteiger partial charge in [0.15, 0.2) is 11.6 Å². The zero-order chi connectivity index (χ0) is 20.6. The van der Waals surface area contributed by atoms with Crippen LogP contribution in [0.25, 0.3) is 11.6 Å². The summed E-state index contributed by atoms with van der Waals surface area (Å²) >= 11 is 0. The molecule has 148 valence electrons. The van der Waals surface area contributed by atoms with Gasteiger partial charge in [-0.15, -0.1) is 0 Å². The van der Waals surface area contributed by atoms with Crippen LogP contribution in [0.1, 0.15) is 71.7 Å². The molecule has 3 heterocycles. The summed E-state index contributed by atoms with van der Waals surface area (Å²) in [6.45, 7) is 10.8. The molecule has 3 aromatic heterocycles. The third-order valence-electron chi connectivity index (χ3n) is 4.47. The quantitative estimate of drug-likeness (QED) is 0.573. The number of H-pyrrole nitrogens is 2. The number of rotatable bonds is 5. The zero-order valence-corrected chi connectivity index (χ0v) is 16.7. The summed E-state index contributed by atoms with van der Waals surface area (Å²) < 4.78 is 5.38. The van der Waals surface area contributed by atoms with E-state index >= 15 is 0 Å². The highest BCUT2D eigenvalue weighted by Gasteiger charge is 2.34. The van der Waals surface area contributed by atoms with Crippen molar-refractivity contribution in [1.29, 1.82) is 0 Å². The van der Waals surface area contributed by atoms with Crippen molar-refractivity contribution in [2.45, 2.75) is 47.6 Å². The summed E-state index contributed by atoms with van der Waals surface area (Å²) in [4.78, 5) is 36.1. The van der Waals surface area contributed by atoms with Crippen molar-refractivity contribution in [1.82, 2.24) is 35.6 Å². The van der Waals surface area contributed by atoms with Gasteiger partial charge in [-0.05, 0) is 31.7 Å². The van der Waals surface area contributed by atoms with Crippen molar-refractivity contribution in [2.75, 3.05) is 0 Å². The molecule has 1 amide bonds. The van der Waals surface area contributed by atoms with Crippen LogP contribution in [0.3, 0.4) is 0 Å². The molecule has 0 radical (unpaired) electrons. The van der Waals surface area contributed by atoms with Crippen molar-refractivity contribution in [2.24, 2.45) is 5.41 Å². The highest BCUT2D eigenvalue weighted by atomic mass is 16.5. The lowest BCUT2D eigenvalue weighted by Crippen LogP contribution is -2.37. The van der Waals surface area contributed by atoms with Gasteiger partial charge in [-0.2, -0.15) is 10.1 Å². The topological polar surface area (TPSA) is 142 Å². The molecular weight excluding hydrogens is 362 g/mol. The van der Waals surface area contributed by atoms with Gasteiger partial charge >= 0.3 is 0 Å². The van der Waals surface area contributed by atoms with Crippen molar-refractivity contribution in [3.63, 3.8) is 0 Å². The standard InChI is InChI=1S/C18H23N7O3/c1-8-11(10(3)26)9(2)21-12(8)16(27)22-13(18(4,5)6)17-23-15(25-28-17)14-19-7-20-24-14/h7,13,21H,1-6H3,(H,22,27)(H,19,20,24)/t13-/m0/s1. The highest BCUT2D eigenvalue weighted by Crippen LogP contribution is 2.33. The third kappa shape index (κ3) is 3.57. The lowest BCUT2D eigenvalue weighted by molar-refractivity contribution is 0.0875. The summed E-state index contributed by atoms with van der Waals surface area (Å²) in [6, 6.07) is -0.562. The van der Waals surface area contributed by atoms with E-state index in [9.17, 15) is 9.59 Å². The second-order valence-corrected chi connectivity index (χ2v) is 7.74. The summed E-state index contributed by atoms with van der Waals surface area (Å²) in [5.41, 5.74) is 1.73. The molecule has 0 unspecified atom stereocenters. The van der Waals surface area contributed by atoms with Crippen LogP contribution in [0.15, 0.2) is 10.9 Å². The lowest BCUT2D eigenvalue weighted by Gasteiger charge is -2.28. The number of Topliss-reactive ketones (excluding diaryl/α,β-unsaturated/α-hetero) is 1. The van der Waals surface area contributed by atoms with Gasteiger partial charge in [0.25, 0.3) is 5.91 Å². The number of aryl methyl sites for hydroxylation is 1. The first-order valence-corrected chi connectivity index (χ1v) is 8.80. The van der Waals surface area contributed by atoms with Crippen LogP contribution >= 0.6 is 0 Å². The predicted octanol–water partition coefficient (Wildman–Crippen LogP) is 2.52. The Morgan fingerprint density at radius 3 is 2.50 bits per heavy atom. The minimum absolute atomic E-state index is 0.0914. The van der Waals surface area contributed by atoms with Crippen molar-refractivity contribution >= 4 is 11.7 Å². The van der Waals surface area contributed by atoms with Gasteiger partial charge in [0.1, 0.15) is 18.1 Å². The first-order valence-electron chi connectivity index (χ1n) is 8.80. The van der Waals surface area contributed by atoms with E-state index in [1.54, 1.807) is 13.8 Å². The first-order chi connectivity index (χ1) is 13.1. The van der Waals surface area contributed by atoms with Crippen LogP contribution in [0.4, 0.5) is 0 Å². The van der Waals surface area contributed by atoms with Crippen LogP contribution in [-0.4, -0.2) is 42.0 Å². The molecule has 0 aliphatic heterocycles. The van der Waals surface area contributed by atoms with Gasteiger partial charge in [-0.3, -0.25) is 14.7 Å². The SMILES string of the molecule is CC(=O)c1c(C)[nH]c(C(=O)N[C@@H](c2nc(-c3ncn[nH]3)no2)C(C)(C)C)c1C. The van der Waals surface area contributed by atoms with E-state index < -0.39 is 11.5 Å². The highest BCUT2D eigenvalue weighted by molar-refractivity contribution is 6.02. The van der Waals surface area contributed by atoms with E-state index in [1.807, 2.05) is 20.8 Å². The average molecular weight is 385 g/mol. The van der Waals surface area contributed by atoms with Gasteiger partial charge in [-0.1, -0.05) is 25.9 Å². The van der Waals surface area contributed by atoms with Gasteiger partial charge < -0.3 is 14.8 Å².